The minimum atomic E-state index is 0.490. The van der Waals surface area contributed by atoms with Crippen molar-refractivity contribution in [1.82, 2.24) is 20.1 Å². The van der Waals surface area contributed by atoms with Crippen LogP contribution in [0.3, 0.4) is 0 Å². The summed E-state index contributed by atoms with van der Waals surface area (Å²) in [5, 5.41) is 8.52. The molecule has 4 rings (SSSR count). The Morgan fingerprint density at radius 3 is 2.96 bits per heavy atom. The molecule has 6 heteroatoms. The first-order valence-electron chi connectivity index (χ1n) is 8.36. The van der Waals surface area contributed by atoms with Gasteiger partial charge >= 0.3 is 0 Å². The summed E-state index contributed by atoms with van der Waals surface area (Å²) in [6, 6.07) is 12.2. The highest BCUT2D eigenvalue weighted by molar-refractivity contribution is 5.83. The highest BCUT2D eigenvalue weighted by atomic mass is 16.5. The lowest BCUT2D eigenvalue weighted by molar-refractivity contribution is 0.425. The molecule has 0 aliphatic heterocycles. The number of hydrogen-bond donors (Lipinski definition) is 2. The van der Waals surface area contributed by atoms with Gasteiger partial charge in [0.1, 0.15) is 5.82 Å². The predicted octanol–water partition coefficient (Wildman–Crippen LogP) is 3.97. The van der Waals surface area contributed by atoms with Gasteiger partial charge in [0.15, 0.2) is 5.82 Å². The molecule has 25 heavy (non-hydrogen) atoms. The lowest BCUT2D eigenvalue weighted by Crippen LogP contribution is -2.05. The second-order valence-electron chi connectivity index (χ2n) is 5.94. The van der Waals surface area contributed by atoms with E-state index in [1.54, 1.807) is 13.1 Å². The zero-order valence-electron chi connectivity index (χ0n) is 14.0. The fourth-order valence-electron chi connectivity index (χ4n) is 2.95. The quantitative estimate of drug-likeness (QED) is 0.522. The van der Waals surface area contributed by atoms with Crippen molar-refractivity contribution >= 4 is 16.7 Å². The number of benzene rings is 1. The van der Waals surface area contributed by atoms with Crippen LogP contribution >= 0.6 is 0 Å². The fourth-order valence-corrected chi connectivity index (χ4v) is 2.95. The van der Waals surface area contributed by atoms with Crippen molar-refractivity contribution in [2.24, 2.45) is 0 Å². The number of aromatic amines is 1. The monoisotopic (exact) mass is 333 g/mol. The Bertz CT molecular complexity index is 988. The van der Waals surface area contributed by atoms with Crippen molar-refractivity contribution in [2.75, 3.05) is 11.9 Å². The smallest absolute Gasteiger partial charge is 0.261 e. The van der Waals surface area contributed by atoms with Gasteiger partial charge in [-0.15, -0.1) is 0 Å². The van der Waals surface area contributed by atoms with Crippen LogP contribution in [0, 0.1) is 6.92 Å². The van der Waals surface area contributed by atoms with E-state index in [-0.39, 0.29) is 0 Å². The first kappa shape index (κ1) is 15.4. The first-order chi connectivity index (χ1) is 12.3. The Morgan fingerprint density at radius 2 is 2.08 bits per heavy atom. The molecule has 1 aromatic carbocycles. The highest BCUT2D eigenvalue weighted by Gasteiger charge is 2.12. The summed E-state index contributed by atoms with van der Waals surface area (Å²) < 4.78 is 5.26. The number of nitrogens with zero attached hydrogens (tertiary/aromatic N) is 3. The molecule has 0 radical (unpaired) electrons. The minimum absolute atomic E-state index is 0.490. The molecule has 3 heterocycles. The van der Waals surface area contributed by atoms with Crippen molar-refractivity contribution in [2.45, 2.75) is 19.8 Å². The predicted molar refractivity (Wildman–Crippen MR) is 97.4 cm³/mol. The Labute approximate surface area is 145 Å². The van der Waals surface area contributed by atoms with Crippen LogP contribution in [0.2, 0.25) is 0 Å². The van der Waals surface area contributed by atoms with E-state index in [9.17, 15) is 0 Å². The molecule has 2 N–H and O–H groups in total. The maximum absolute atomic E-state index is 5.26. The molecular weight excluding hydrogens is 314 g/mol. The lowest BCUT2D eigenvalue weighted by atomic mass is 10.1. The third kappa shape index (κ3) is 3.24. The van der Waals surface area contributed by atoms with Crippen molar-refractivity contribution in [3.8, 4) is 11.5 Å². The average molecular weight is 333 g/mol. The van der Waals surface area contributed by atoms with E-state index in [1.165, 1.54) is 16.5 Å². The van der Waals surface area contributed by atoms with Crippen LogP contribution in [-0.2, 0) is 6.42 Å². The number of H-pyrrole nitrogens is 1. The number of aryl methyl sites for hydroxylation is 2. The zero-order chi connectivity index (χ0) is 17.1. The van der Waals surface area contributed by atoms with Crippen molar-refractivity contribution in [1.29, 1.82) is 0 Å². The van der Waals surface area contributed by atoms with Gasteiger partial charge in [0.05, 0.1) is 5.56 Å². The number of aromatic nitrogens is 4. The number of para-hydroxylation sites is 1. The number of fused-ring (bicyclic) bond motifs is 1. The van der Waals surface area contributed by atoms with Crippen LogP contribution < -0.4 is 5.32 Å². The van der Waals surface area contributed by atoms with Gasteiger partial charge in [0, 0.05) is 29.8 Å². The second kappa shape index (κ2) is 6.76. The summed E-state index contributed by atoms with van der Waals surface area (Å²) in [7, 11) is 0. The molecular formula is C19H19N5O. The van der Waals surface area contributed by atoms with Crippen molar-refractivity contribution in [3.63, 3.8) is 0 Å². The molecule has 0 aliphatic rings. The van der Waals surface area contributed by atoms with Gasteiger partial charge in [-0.2, -0.15) is 4.98 Å². The van der Waals surface area contributed by atoms with E-state index >= 15 is 0 Å². The largest absolute Gasteiger partial charge is 0.369 e. The van der Waals surface area contributed by atoms with Crippen LogP contribution in [-0.4, -0.2) is 26.7 Å². The topological polar surface area (TPSA) is 79.6 Å². The second-order valence-corrected chi connectivity index (χ2v) is 5.94. The van der Waals surface area contributed by atoms with Crippen LogP contribution in [0.4, 0.5) is 5.82 Å². The number of pyridine rings is 1. The summed E-state index contributed by atoms with van der Waals surface area (Å²) in [6.45, 7) is 2.62. The van der Waals surface area contributed by atoms with Gasteiger partial charge in [-0.25, -0.2) is 4.98 Å². The number of anilines is 1. The molecule has 3 aromatic heterocycles. The molecule has 0 aliphatic carbocycles. The van der Waals surface area contributed by atoms with E-state index in [0.29, 0.717) is 11.7 Å². The van der Waals surface area contributed by atoms with Crippen molar-refractivity contribution < 1.29 is 4.52 Å². The van der Waals surface area contributed by atoms with Crippen LogP contribution in [0.15, 0.2) is 53.3 Å². The Kier molecular flexibility index (Phi) is 4.16. The summed E-state index contributed by atoms with van der Waals surface area (Å²) in [4.78, 5) is 12.0. The minimum Gasteiger partial charge on any atom is -0.369 e. The first-order valence-corrected chi connectivity index (χ1v) is 8.36. The SMILES string of the molecule is Cc1noc(-c2cccnc2NCCCc2c[nH]c3ccccc23)n1. The van der Waals surface area contributed by atoms with Gasteiger partial charge in [-0.05, 0) is 43.5 Å². The van der Waals surface area contributed by atoms with Gasteiger partial charge in [-0.1, -0.05) is 23.4 Å². The van der Waals surface area contributed by atoms with E-state index in [1.807, 2.05) is 18.2 Å². The number of hydrogen-bond acceptors (Lipinski definition) is 5. The molecule has 0 unspecified atom stereocenters. The highest BCUT2D eigenvalue weighted by Crippen LogP contribution is 2.24. The van der Waals surface area contributed by atoms with Crippen LogP contribution in [0.5, 0.6) is 0 Å². The van der Waals surface area contributed by atoms with Gasteiger partial charge < -0.3 is 14.8 Å². The summed E-state index contributed by atoms with van der Waals surface area (Å²) in [5.74, 6) is 1.87. The molecule has 0 fully saturated rings. The normalized spacial score (nSPS) is 11.1. The molecule has 0 saturated heterocycles. The average Bonchev–Trinajstić information content (AvgIpc) is 3.25. The molecule has 0 saturated carbocycles. The van der Waals surface area contributed by atoms with Crippen molar-refractivity contribution in [3.05, 3.63) is 60.2 Å². The van der Waals surface area contributed by atoms with Gasteiger partial charge in [-0.3, -0.25) is 0 Å². The number of nitrogens with one attached hydrogen (secondary N) is 2. The standard InChI is InChI=1S/C19H19N5O/c1-13-23-19(25-24-13)16-8-5-11-21-18(16)20-10-4-6-14-12-22-17-9-3-2-7-15(14)17/h2-3,5,7-9,11-12,22H,4,6,10H2,1H3,(H,20,21). The Balaban J connectivity index is 1.41. The Hall–Kier alpha value is -3.15. The van der Waals surface area contributed by atoms with Crippen LogP contribution in [0.25, 0.3) is 22.4 Å². The molecule has 6 nitrogen and oxygen atoms in total. The third-order valence-electron chi connectivity index (χ3n) is 4.16. The lowest BCUT2D eigenvalue weighted by Gasteiger charge is -2.08. The molecule has 4 aromatic rings. The third-order valence-corrected chi connectivity index (χ3v) is 4.16. The maximum Gasteiger partial charge on any atom is 0.261 e. The van der Waals surface area contributed by atoms with E-state index in [0.717, 1.165) is 30.8 Å². The summed E-state index contributed by atoms with van der Waals surface area (Å²) in [5.41, 5.74) is 3.35. The summed E-state index contributed by atoms with van der Waals surface area (Å²) in [6.07, 6.45) is 5.85. The maximum atomic E-state index is 5.26. The van der Waals surface area contributed by atoms with Gasteiger partial charge in [0.2, 0.25) is 0 Å². The molecule has 0 bridgehead atoms. The zero-order valence-corrected chi connectivity index (χ0v) is 14.0. The van der Waals surface area contributed by atoms with Crippen LogP contribution in [0.1, 0.15) is 17.8 Å². The molecule has 0 atom stereocenters. The number of rotatable bonds is 6. The molecule has 0 amide bonds. The fraction of sp³-hybridized carbons (Fsp3) is 0.211. The molecule has 126 valence electrons. The van der Waals surface area contributed by atoms with E-state index in [2.05, 4.69) is 49.8 Å². The molecule has 0 spiro atoms. The Morgan fingerprint density at radius 1 is 1.16 bits per heavy atom. The van der Waals surface area contributed by atoms with E-state index in [4.69, 9.17) is 4.52 Å². The summed E-state index contributed by atoms with van der Waals surface area (Å²) >= 11 is 0. The van der Waals surface area contributed by atoms with E-state index < -0.39 is 0 Å². The van der Waals surface area contributed by atoms with Gasteiger partial charge in [0.25, 0.3) is 5.89 Å².